The zero-order valence-corrected chi connectivity index (χ0v) is 18.8. The maximum Gasteiger partial charge on any atom is 0.244 e. The highest BCUT2D eigenvalue weighted by molar-refractivity contribution is 7.92. The van der Waals surface area contributed by atoms with E-state index in [1.165, 1.54) is 0 Å². The molecular formula is C21H27ClN2O4S. The summed E-state index contributed by atoms with van der Waals surface area (Å²) in [6.07, 6.45) is 1.39. The molecule has 1 N–H and O–H groups in total. The van der Waals surface area contributed by atoms with E-state index in [0.29, 0.717) is 28.4 Å². The van der Waals surface area contributed by atoms with Gasteiger partial charge in [-0.3, -0.25) is 9.10 Å². The van der Waals surface area contributed by atoms with E-state index in [0.717, 1.165) is 16.1 Å². The summed E-state index contributed by atoms with van der Waals surface area (Å²) in [5, 5.41) is 3.32. The Balaban J connectivity index is 2.40. The number of nitrogens with zero attached hydrogens (tertiary/aromatic N) is 1. The van der Waals surface area contributed by atoms with Crippen molar-refractivity contribution in [2.24, 2.45) is 0 Å². The Hall–Kier alpha value is -2.25. The molecule has 0 heterocycles. The summed E-state index contributed by atoms with van der Waals surface area (Å²) >= 11 is 6.10. The maximum atomic E-state index is 13.1. The zero-order chi connectivity index (χ0) is 21.8. The second-order valence-corrected chi connectivity index (χ2v) is 9.18. The highest BCUT2D eigenvalue weighted by atomic mass is 35.5. The van der Waals surface area contributed by atoms with E-state index in [9.17, 15) is 13.2 Å². The van der Waals surface area contributed by atoms with Crippen LogP contribution in [0.2, 0.25) is 5.02 Å². The van der Waals surface area contributed by atoms with Crippen LogP contribution >= 0.6 is 11.6 Å². The zero-order valence-electron chi connectivity index (χ0n) is 17.3. The third-order valence-corrected chi connectivity index (χ3v) is 6.10. The maximum absolute atomic E-state index is 13.1. The molecule has 2 unspecified atom stereocenters. The fourth-order valence-corrected chi connectivity index (χ4v) is 4.69. The number of aryl methyl sites for hydroxylation is 1. The first kappa shape index (κ1) is 23.0. The lowest BCUT2D eigenvalue weighted by atomic mass is 10.1. The molecule has 0 radical (unpaired) electrons. The topological polar surface area (TPSA) is 75.7 Å². The Morgan fingerprint density at radius 2 is 1.90 bits per heavy atom. The van der Waals surface area contributed by atoms with Gasteiger partial charge in [0.05, 0.1) is 25.1 Å². The van der Waals surface area contributed by atoms with E-state index < -0.39 is 22.0 Å². The van der Waals surface area contributed by atoms with Crippen molar-refractivity contribution in [1.82, 2.24) is 5.32 Å². The predicted octanol–water partition coefficient (Wildman–Crippen LogP) is 4.08. The minimum absolute atomic E-state index is 0.295. The number of anilines is 1. The summed E-state index contributed by atoms with van der Waals surface area (Å²) in [4.78, 5) is 13.1. The van der Waals surface area contributed by atoms with Gasteiger partial charge in [0.2, 0.25) is 15.9 Å². The molecule has 0 aliphatic carbocycles. The molecule has 6 nitrogen and oxygen atoms in total. The number of methoxy groups -OCH3 is 1. The highest BCUT2D eigenvalue weighted by Gasteiger charge is 2.33. The summed E-state index contributed by atoms with van der Waals surface area (Å²) in [5.41, 5.74) is 1.92. The molecule has 2 aromatic rings. The fraction of sp³-hybridized carbons (Fsp3) is 0.381. The van der Waals surface area contributed by atoms with Crippen molar-refractivity contribution >= 4 is 33.2 Å². The number of nitrogens with one attached hydrogen (secondary N) is 1. The van der Waals surface area contributed by atoms with Crippen molar-refractivity contribution in [3.05, 3.63) is 58.6 Å². The number of carbonyl (C=O) groups excluding carboxylic acids is 1. The third kappa shape index (κ3) is 5.42. The van der Waals surface area contributed by atoms with Crippen LogP contribution < -0.4 is 14.4 Å². The van der Waals surface area contributed by atoms with Gasteiger partial charge in [0.15, 0.2) is 0 Å². The van der Waals surface area contributed by atoms with Crippen molar-refractivity contribution in [2.75, 3.05) is 17.7 Å². The standard InChI is InChI=1S/C21H27ClN2O4S/c1-6-18(21(25)23-15(3)17-9-7-8-10-20(17)28-4)24(29(5,26)27)19-13-16(22)12-11-14(19)2/h7-13,15,18H,6H2,1-5H3,(H,23,25). The molecule has 0 aliphatic heterocycles. The lowest BCUT2D eigenvalue weighted by Gasteiger charge is -2.32. The molecule has 0 saturated heterocycles. The summed E-state index contributed by atoms with van der Waals surface area (Å²) in [5.74, 6) is 0.259. The Morgan fingerprint density at radius 1 is 1.24 bits per heavy atom. The summed E-state index contributed by atoms with van der Waals surface area (Å²) in [7, 11) is -2.17. The molecule has 0 saturated carbocycles. The fourth-order valence-electron chi connectivity index (χ4n) is 3.27. The number of ether oxygens (including phenoxy) is 1. The SMILES string of the molecule is CCC(C(=O)NC(C)c1ccccc1OC)N(c1cc(Cl)ccc1C)S(C)(=O)=O. The Labute approximate surface area is 177 Å². The molecule has 2 rings (SSSR count). The molecule has 8 heteroatoms. The molecule has 158 valence electrons. The third-order valence-electron chi connectivity index (χ3n) is 4.70. The van der Waals surface area contributed by atoms with E-state index in [1.54, 1.807) is 39.2 Å². The number of amides is 1. The summed E-state index contributed by atoms with van der Waals surface area (Å²) in [6, 6.07) is 11.1. The number of halogens is 1. The van der Waals surface area contributed by atoms with Crippen LogP contribution in [0.3, 0.4) is 0 Å². The van der Waals surface area contributed by atoms with Gasteiger partial charge >= 0.3 is 0 Å². The molecular weight excluding hydrogens is 412 g/mol. The molecule has 0 fully saturated rings. The summed E-state index contributed by atoms with van der Waals surface area (Å²) in [6.45, 7) is 5.39. The summed E-state index contributed by atoms with van der Waals surface area (Å²) < 4.78 is 31.8. The van der Waals surface area contributed by atoms with E-state index in [-0.39, 0.29) is 6.04 Å². The quantitative estimate of drug-likeness (QED) is 0.673. The van der Waals surface area contributed by atoms with E-state index >= 15 is 0 Å². The molecule has 0 aromatic heterocycles. The van der Waals surface area contributed by atoms with Gasteiger partial charge in [-0.15, -0.1) is 0 Å². The first-order valence-electron chi connectivity index (χ1n) is 9.29. The van der Waals surface area contributed by atoms with Gasteiger partial charge in [-0.2, -0.15) is 0 Å². The number of hydrogen-bond donors (Lipinski definition) is 1. The van der Waals surface area contributed by atoms with Crippen molar-refractivity contribution < 1.29 is 17.9 Å². The Bertz CT molecular complexity index is 978. The van der Waals surface area contributed by atoms with Gasteiger partial charge in [-0.1, -0.05) is 42.8 Å². The Morgan fingerprint density at radius 3 is 2.48 bits per heavy atom. The van der Waals surface area contributed by atoms with Crippen LogP contribution in [0.15, 0.2) is 42.5 Å². The van der Waals surface area contributed by atoms with Crippen LogP contribution in [0.25, 0.3) is 0 Å². The number of para-hydroxylation sites is 1. The first-order chi connectivity index (χ1) is 13.6. The van der Waals surface area contributed by atoms with Gasteiger partial charge in [-0.25, -0.2) is 8.42 Å². The molecule has 2 atom stereocenters. The van der Waals surface area contributed by atoms with Crippen LogP contribution in [-0.2, 0) is 14.8 Å². The van der Waals surface area contributed by atoms with Crippen LogP contribution in [0, 0.1) is 6.92 Å². The normalized spacial score (nSPS) is 13.4. The highest BCUT2D eigenvalue weighted by Crippen LogP contribution is 2.30. The second-order valence-electron chi connectivity index (χ2n) is 6.89. The average molecular weight is 439 g/mol. The van der Waals surface area contributed by atoms with Crippen molar-refractivity contribution in [3.63, 3.8) is 0 Å². The molecule has 0 aliphatic rings. The van der Waals surface area contributed by atoms with Gasteiger partial charge in [0.25, 0.3) is 0 Å². The van der Waals surface area contributed by atoms with E-state index in [1.807, 2.05) is 31.2 Å². The smallest absolute Gasteiger partial charge is 0.244 e. The Kier molecular flexibility index (Phi) is 7.54. The van der Waals surface area contributed by atoms with Gasteiger partial charge in [-0.05, 0) is 44.0 Å². The van der Waals surface area contributed by atoms with Gasteiger partial charge in [0.1, 0.15) is 11.8 Å². The molecule has 2 aromatic carbocycles. The van der Waals surface area contributed by atoms with Crippen LogP contribution in [0.5, 0.6) is 5.75 Å². The van der Waals surface area contributed by atoms with Crippen LogP contribution in [0.1, 0.15) is 37.4 Å². The monoisotopic (exact) mass is 438 g/mol. The lowest BCUT2D eigenvalue weighted by molar-refractivity contribution is -0.122. The number of carbonyl (C=O) groups is 1. The molecule has 0 spiro atoms. The minimum atomic E-state index is -3.74. The minimum Gasteiger partial charge on any atom is -0.496 e. The van der Waals surface area contributed by atoms with Gasteiger partial charge < -0.3 is 10.1 Å². The van der Waals surface area contributed by atoms with Crippen molar-refractivity contribution in [1.29, 1.82) is 0 Å². The number of rotatable bonds is 8. The average Bonchev–Trinajstić information content (AvgIpc) is 2.66. The second kappa shape index (κ2) is 9.50. The molecule has 29 heavy (non-hydrogen) atoms. The largest absolute Gasteiger partial charge is 0.496 e. The van der Waals surface area contributed by atoms with Crippen LogP contribution in [0.4, 0.5) is 5.69 Å². The first-order valence-corrected chi connectivity index (χ1v) is 11.5. The number of hydrogen-bond acceptors (Lipinski definition) is 4. The number of benzene rings is 2. The van der Waals surface area contributed by atoms with Crippen molar-refractivity contribution in [2.45, 2.75) is 39.3 Å². The van der Waals surface area contributed by atoms with E-state index in [4.69, 9.17) is 16.3 Å². The van der Waals surface area contributed by atoms with Crippen molar-refractivity contribution in [3.8, 4) is 5.75 Å². The molecule has 1 amide bonds. The lowest BCUT2D eigenvalue weighted by Crippen LogP contribution is -2.50. The molecule has 0 bridgehead atoms. The van der Waals surface area contributed by atoms with Crippen LogP contribution in [-0.4, -0.2) is 33.7 Å². The number of sulfonamides is 1. The van der Waals surface area contributed by atoms with E-state index in [2.05, 4.69) is 5.32 Å². The predicted molar refractivity (Wildman–Crippen MR) is 117 cm³/mol. The van der Waals surface area contributed by atoms with Gasteiger partial charge in [0, 0.05) is 10.6 Å².